The average Bonchev–Trinajstić information content (AvgIpc) is 2.64. The maximum absolute atomic E-state index is 5.91. The van der Waals surface area contributed by atoms with Gasteiger partial charge in [-0.05, 0) is 30.2 Å². The molecule has 0 fully saturated rings. The zero-order chi connectivity index (χ0) is 18.5. The molecule has 6 heteroatoms. The molecule has 0 amide bonds. The average molecular weight is 350 g/mol. The van der Waals surface area contributed by atoms with Crippen LogP contribution in [-0.2, 0) is 13.0 Å². The molecular formula is C20H22N4O2. The van der Waals surface area contributed by atoms with Crippen LogP contribution in [-0.4, -0.2) is 17.1 Å². The van der Waals surface area contributed by atoms with Crippen LogP contribution in [0.4, 0.5) is 11.8 Å². The van der Waals surface area contributed by atoms with E-state index < -0.39 is 0 Å². The lowest BCUT2D eigenvalue weighted by atomic mass is 10.1. The summed E-state index contributed by atoms with van der Waals surface area (Å²) in [6.45, 7) is 2.54. The maximum Gasteiger partial charge on any atom is 0.221 e. The molecule has 0 saturated carbocycles. The van der Waals surface area contributed by atoms with E-state index in [1.54, 1.807) is 13.3 Å². The molecule has 134 valence electrons. The van der Waals surface area contributed by atoms with Gasteiger partial charge in [-0.1, -0.05) is 35.9 Å². The third-order valence-corrected chi connectivity index (χ3v) is 4.05. The highest BCUT2D eigenvalue weighted by atomic mass is 16.5. The Labute approximate surface area is 152 Å². The summed E-state index contributed by atoms with van der Waals surface area (Å²) in [6.07, 6.45) is 2.23. The zero-order valence-electron chi connectivity index (χ0n) is 14.9. The number of ether oxygens (including phenoxy) is 2. The minimum absolute atomic E-state index is 0.170. The van der Waals surface area contributed by atoms with Gasteiger partial charge in [0.25, 0.3) is 0 Å². The largest absolute Gasteiger partial charge is 0.493 e. The molecule has 1 heterocycles. The van der Waals surface area contributed by atoms with Crippen molar-refractivity contribution in [1.29, 1.82) is 0 Å². The highest BCUT2D eigenvalue weighted by Gasteiger charge is 2.09. The molecule has 26 heavy (non-hydrogen) atoms. The van der Waals surface area contributed by atoms with Crippen LogP contribution in [0, 0.1) is 6.92 Å². The Bertz CT molecular complexity index is 895. The Morgan fingerprint density at radius 1 is 0.962 bits per heavy atom. The molecule has 2 aromatic carbocycles. The molecule has 6 nitrogen and oxygen atoms in total. The molecule has 0 unspecified atom stereocenters. The Balaban J connectivity index is 1.73. The van der Waals surface area contributed by atoms with E-state index in [1.165, 1.54) is 5.56 Å². The molecule has 3 aromatic rings. The fourth-order valence-corrected chi connectivity index (χ4v) is 2.58. The third kappa shape index (κ3) is 4.22. The smallest absolute Gasteiger partial charge is 0.221 e. The van der Waals surface area contributed by atoms with Crippen LogP contribution in [0.5, 0.6) is 11.5 Å². The van der Waals surface area contributed by atoms with Crippen LogP contribution in [0.25, 0.3) is 0 Å². The van der Waals surface area contributed by atoms with Gasteiger partial charge in [-0.3, -0.25) is 0 Å². The van der Waals surface area contributed by atoms with Gasteiger partial charge in [-0.15, -0.1) is 0 Å². The highest BCUT2D eigenvalue weighted by molar-refractivity contribution is 5.48. The van der Waals surface area contributed by atoms with Crippen LogP contribution in [0.2, 0.25) is 0 Å². The van der Waals surface area contributed by atoms with E-state index in [2.05, 4.69) is 41.2 Å². The first-order valence-electron chi connectivity index (χ1n) is 8.27. The quantitative estimate of drug-likeness (QED) is 0.709. The number of anilines is 2. The molecule has 0 aliphatic rings. The van der Waals surface area contributed by atoms with Crippen molar-refractivity contribution in [2.45, 2.75) is 20.0 Å². The number of nitrogen functional groups attached to an aromatic ring is 2. The summed E-state index contributed by atoms with van der Waals surface area (Å²) < 4.78 is 11.4. The van der Waals surface area contributed by atoms with Gasteiger partial charge in [-0.25, -0.2) is 4.98 Å². The van der Waals surface area contributed by atoms with Crippen molar-refractivity contribution in [3.05, 3.63) is 70.9 Å². The summed E-state index contributed by atoms with van der Waals surface area (Å²) in [5.41, 5.74) is 15.6. The van der Waals surface area contributed by atoms with E-state index in [9.17, 15) is 0 Å². The van der Waals surface area contributed by atoms with Crippen LogP contribution in [0.15, 0.2) is 48.7 Å². The van der Waals surface area contributed by atoms with Gasteiger partial charge in [0.1, 0.15) is 12.4 Å². The molecule has 0 aliphatic heterocycles. The Hall–Kier alpha value is -3.28. The number of hydrogen-bond donors (Lipinski definition) is 2. The fourth-order valence-electron chi connectivity index (χ4n) is 2.58. The maximum atomic E-state index is 5.91. The molecule has 0 saturated heterocycles. The second-order valence-electron chi connectivity index (χ2n) is 6.07. The van der Waals surface area contributed by atoms with E-state index in [1.807, 2.05) is 18.2 Å². The van der Waals surface area contributed by atoms with Gasteiger partial charge in [0, 0.05) is 18.2 Å². The van der Waals surface area contributed by atoms with Crippen molar-refractivity contribution in [2.75, 3.05) is 18.6 Å². The first-order valence-corrected chi connectivity index (χ1v) is 8.27. The number of aromatic nitrogens is 2. The SMILES string of the molecule is COc1cc(Cc2cnc(N)nc2N)ccc1OCc1ccc(C)cc1. The predicted octanol–water partition coefficient (Wildman–Crippen LogP) is 3.13. The Morgan fingerprint density at radius 3 is 2.38 bits per heavy atom. The molecule has 0 aliphatic carbocycles. The van der Waals surface area contributed by atoms with Gasteiger partial charge in [0.2, 0.25) is 5.95 Å². The lowest BCUT2D eigenvalue weighted by Crippen LogP contribution is -2.04. The molecule has 0 radical (unpaired) electrons. The Kier molecular flexibility index (Phi) is 5.22. The number of hydrogen-bond acceptors (Lipinski definition) is 6. The van der Waals surface area contributed by atoms with Crippen molar-refractivity contribution in [3.63, 3.8) is 0 Å². The lowest BCUT2D eigenvalue weighted by molar-refractivity contribution is 0.284. The van der Waals surface area contributed by atoms with Crippen LogP contribution >= 0.6 is 0 Å². The minimum atomic E-state index is 0.170. The van der Waals surface area contributed by atoms with Gasteiger partial charge in [0.05, 0.1) is 7.11 Å². The molecule has 3 rings (SSSR count). The lowest BCUT2D eigenvalue weighted by Gasteiger charge is -2.13. The van der Waals surface area contributed by atoms with Crippen molar-refractivity contribution >= 4 is 11.8 Å². The monoisotopic (exact) mass is 350 g/mol. The zero-order valence-corrected chi connectivity index (χ0v) is 14.9. The highest BCUT2D eigenvalue weighted by Crippen LogP contribution is 2.30. The molecule has 4 N–H and O–H groups in total. The Morgan fingerprint density at radius 2 is 1.69 bits per heavy atom. The fraction of sp³-hybridized carbons (Fsp3) is 0.200. The van der Waals surface area contributed by atoms with Gasteiger partial charge < -0.3 is 20.9 Å². The topological polar surface area (TPSA) is 96.3 Å². The summed E-state index contributed by atoms with van der Waals surface area (Å²) in [5, 5.41) is 0. The standard InChI is InChI=1S/C20H22N4O2/c1-13-3-5-14(6-4-13)12-26-17-8-7-15(10-18(17)25-2)9-16-11-23-20(22)24-19(16)21/h3-8,10-11H,9,12H2,1-2H3,(H4,21,22,23,24). The second-order valence-corrected chi connectivity index (χ2v) is 6.07. The summed E-state index contributed by atoms with van der Waals surface area (Å²) in [5.74, 6) is 1.92. The summed E-state index contributed by atoms with van der Waals surface area (Å²) in [6, 6.07) is 14.1. The van der Waals surface area contributed by atoms with Crippen molar-refractivity contribution in [3.8, 4) is 11.5 Å². The van der Waals surface area contributed by atoms with E-state index in [4.69, 9.17) is 20.9 Å². The summed E-state index contributed by atoms with van der Waals surface area (Å²) >= 11 is 0. The number of nitrogens with zero attached hydrogens (tertiary/aromatic N) is 2. The van der Waals surface area contributed by atoms with Crippen LogP contribution in [0.1, 0.15) is 22.3 Å². The third-order valence-electron chi connectivity index (χ3n) is 4.05. The number of aryl methyl sites for hydroxylation is 1. The van der Waals surface area contributed by atoms with Crippen molar-refractivity contribution < 1.29 is 9.47 Å². The number of benzene rings is 2. The van der Waals surface area contributed by atoms with E-state index in [0.717, 1.165) is 16.7 Å². The normalized spacial score (nSPS) is 10.5. The van der Waals surface area contributed by atoms with Gasteiger partial charge in [0.15, 0.2) is 11.5 Å². The van der Waals surface area contributed by atoms with Gasteiger partial charge >= 0.3 is 0 Å². The predicted molar refractivity (Wildman–Crippen MR) is 102 cm³/mol. The van der Waals surface area contributed by atoms with Crippen LogP contribution in [0.3, 0.4) is 0 Å². The number of rotatable bonds is 6. The summed E-state index contributed by atoms with van der Waals surface area (Å²) in [7, 11) is 1.62. The molecular weight excluding hydrogens is 328 g/mol. The molecule has 0 bridgehead atoms. The molecule has 0 spiro atoms. The van der Waals surface area contributed by atoms with E-state index in [-0.39, 0.29) is 5.95 Å². The van der Waals surface area contributed by atoms with Crippen LogP contribution < -0.4 is 20.9 Å². The van der Waals surface area contributed by atoms with E-state index >= 15 is 0 Å². The van der Waals surface area contributed by atoms with Crippen molar-refractivity contribution in [2.24, 2.45) is 0 Å². The van der Waals surface area contributed by atoms with Crippen molar-refractivity contribution in [1.82, 2.24) is 9.97 Å². The number of nitrogens with two attached hydrogens (primary N) is 2. The molecule has 0 atom stereocenters. The first kappa shape index (κ1) is 17.5. The molecule has 1 aromatic heterocycles. The first-order chi connectivity index (χ1) is 12.5. The van der Waals surface area contributed by atoms with E-state index in [0.29, 0.717) is 30.3 Å². The second kappa shape index (κ2) is 7.74. The minimum Gasteiger partial charge on any atom is -0.493 e. The van der Waals surface area contributed by atoms with Gasteiger partial charge in [-0.2, -0.15) is 4.98 Å². The summed E-state index contributed by atoms with van der Waals surface area (Å²) in [4.78, 5) is 7.98. The number of methoxy groups -OCH3 is 1.